The lowest BCUT2D eigenvalue weighted by atomic mass is 10.3. The molecule has 0 aromatic rings. The number of carboxylic acid groups (broad SMARTS) is 1. The Kier molecular flexibility index (Phi) is 5.94. The highest BCUT2D eigenvalue weighted by molar-refractivity contribution is 5.68. The van der Waals surface area contributed by atoms with Gasteiger partial charge in [0.25, 0.3) is 0 Å². The van der Waals surface area contributed by atoms with Crippen LogP contribution in [0.1, 0.15) is 6.92 Å². The highest BCUT2D eigenvalue weighted by atomic mass is 16.5. The quantitative estimate of drug-likeness (QED) is 0.521. The van der Waals surface area contributed by atoms with Crippen LogP contribution in [-0.4, -0.2) is 24.8 Å². The number of carboxylic acids is 1. The van der Waals surface area contributed by atoms with E-state index in [0.717, 1.165) is 0 Å². The first-order valence-electron chi connectivity index (χ1n) is 4.03. The number of rotatable bonds is 6. The third kappa shape index (κ3) is 4.35. The number of ether oxygens (including phenoxy) is 2. The molecular formula is C10H14O4. The smallest absolute Gasteiger partial charge is 0.341 e. The molecule has 0 aliphatic carbocycles. The molecule has 0 aliphatic rings. The van der Waals surface area contributed by atoms with Crippen LogP contribution in [0.15, 0.2) is 36.3 Å². The summed E-state index contributed by atoms with van der Waals surface area (Å²) < 4.78 is 9.96. The van der Waals surface area contributed by atoms with E-state index in [9.17, 15) is 4.79 Å². The van der Waals surface area contributed by atoms with Gasteiger partial charge in [0.05, 0.1) is 7.11 Å². The van der Waals surface area contributed by atoms with E-state index in [2.05, 4.69) is 6.58 Å². The fourth-order valence-corrected chi connectivity index (χ4v) is 0.809. The van der Waals surface area contributed by atoms with E-state index < -0.39 is 12.6 Å². The molecule has 0 unspecified atom stereocenters. The first-order chi connectivity index (χ1) is 6.65. The summed E-state index contributed by atoms with van der Waals surface area (Å²) in [6.07, 6.45) is 4.72. The van der Waals surface area contributed by atoms with Crippen LogP contribution in [0, 0.1) is 0 Å². The topological polar surface area (TPSA) is 55.8 Å². The van der Waals surface area contributed by atoms with E-state index in [-0.39, 0.29) is 0 Å². The number of methoxy groups -OCH3 is 1. The molecule has 14 heavy (non-hydrogen) atoms. The summed E-state index contributed by atoms with van der Waals surface area (Å²) in [7, 11) is 1.48. The summed E-state index contributed by atoms with van der Waals surface area (Å²) >= 11 is 0. The van der Waals surface area contributed by atoms with E-state index in [4.69, 9.17) is 14.6 Å². The molecular weight excluding hydrogens is 184 g/mol. The zero-order valence-electron chi connectivity index (χ0n) is 8.32. The van der Waals surface area contributed by atoms with Gasteiger partial charge in [0.2, 0.25) is 0 Å². The largest absolute Gasteiger partial charge is 0.493 e. The normalized spacial score (nSPS) is 12.1. The van der Waals surface area contributed by atoms with Gasteiger partial charge in [-0.15, -0.1) is 0 Å². The molecule has 78 valence electrons. The molecule has 0 amide bonds. The van der Waals surface area contributed by atoms with Crippen molar-refractivity contribution in [3.63, 3.8) is 0 Å². The van der Waals surface area contributed by atoms with Crippen molar-refractivity contribution >= 4 is 5.97 Å². The van der Waals surface area contributed by atoms with Crippen molar-refractivity contribution in [3.8, 4) is 0 Å². The second-order valence-corrected chi connectivity index (χ2v) is 2.31. The monoisotopic (exact) mass is 198 g/mol. The first-order valence-corrected chi connectivity index (χ1v) is 4.03. The summed E-state index contributed by atoms with van der Waals surface area (Å²) in [5.41, 5.74) is 0. The predicted molar refractivity (Wildman–Crippen MR) is 52.6 cm³/mol. The lowest BCUT2D eigenvalue weighted by Gasteiger charge is -2.10. The highest BCUT2D eigenvalue weighted by Gasteiger charge is 2.06. The van der Waals surface area contributed by atoms with Crippen molar-refractivity contribution in [2.75, 3.05) is 13.7 Å². The Bertz CT molecular complexity index is 263. The minimum Gasteiger partial charge on any atom is -0.493 e. The van der Waals surface area contributed by atoms with Crippen LogP contribution in [0.5, 0.6) is 0 Å². The highest BCUT2D eigenvalue weighted by Crippen LogP contribution is 2.12. The average molecular weight is 198 g/mol. The average Bonchev–Trinajstić information content (AvgIpc) is 2.15. The van der Waals surface area contributed by atoms with Gasteiger partial charge in [-0.1, -0.05) is 12.7 Å². The van der Waals surface area contributed by atoms with Gasteiger partial charge in [0.1, 0.15) is 0 Å². The molecule has 4 nitrogen and oxygen atoms in total. The third-order valence-electron chi connectivity index (χ3n) is 1.35. The second kappa shape index (κ2) is 6.77. The SMILES string of the molecule is C=CC=C(OCC(=O)O)C(=CC)OC. The van der Waals surface area contributed by atoms with Crippen LogP contribution in [0.3, 0.4) is 0 Å². The van der Waals surface area contributed by atoms with E-state index in [1.165, 1.54) is 13.2 Å². The molecule has 0 saturated heterocycles. The minimum absolute atomic E-state index is 0.354. The van der Waals surface area contributed by atoms with Gasteiger partial charge in [0.15, 0.2) is 18.1 Å². The zero-order valence-corrected chi connectivity index (χ0v) is 8.32. The van der Waals surface area contributed by atoms with Crippen LogP contribution in [0.25, 0.3) is 0 Å². The van der Waals surface area contributed by atoms with Gasteiger partial charge in [-0.05, 0) is 19.1 Å². The third-order valence-corrected chi connectivity index (χ3v) is 1.35. The van der Waals surface area contributed by atoms with Gasteiger partial charge in [-0.3, -0.25) is 0 Å². The summed E-state index contributed by atoms with van der Waals surface area (Å²) in [5.74, 6) is -0.204. The fraction of sp³-hybridized carbons (Fsp3) is 0.300. The van der Waals surface area contributed by atoms with Gasteiger partial charge < -0.3 is 14.6 Å². The Morgan fingerprint density at radius 2 is 2.14 bits per heavy atom. The van der Waals surface area contributed by atoms with Crippen LogP contribution in [0.4, 0.5) is 0 Å². The maximum Gasteiger partial charge on any atom is 0.341 e. The van der Waals surface area contributed by atoms with Crippen molar-refractivity contribution in [1.29, 1.82) is 0 Å². The van der Waals surface area contributed by atoms with Crippen molar-refractivity contribution in [2.24, 2.45) is 0 Å². The lowest BCUT2D eigenvalue weighted by molar-refractivity contribution is -0.140. The van der Waals surface area contributed by atoms with Crippen molar-refractivity contribution in [3.05, 3.63) is 36.3 Å². The molecule has 0 aromatic heterocycles. The van der Waals surface area contributed by atoms with Gasteiger partial charge >= 0.3 is 5.97 Å². The molecule has 0 fully saturated rings. The molecule has 0 aliphatic heterocycles. The van der Waals surface area contributed by atoms with E-state index >= 15 is 0 Å². The molecule has 0 bridgehead atoms. The summed E-state index contributed by atoms with van der Waals surface area (Å²) in [4.78, 5) is 10.3. The number of hydrogen-bond donors (Lipinski definition) is 1. The molecule has 0 spiro atoms. The van der Waals surface area contributed by atoms with Gasteiger partial charge in [-0.25, -0.2) is 4.79 Å². The van der Waals surface area contributed by atoms with E-state index in [1.807, 2.05) is 0 Å². The Morgan fingerprint density at radius 3 is 2.50 bits per heavy atom. The van der Waals surface area contributed by atoms with Crippen LogP contribution >= 0.6 is 0 Å². The molecule has 0 aromatic carbocycles. The summed E-state index contributed by atoms with van der Waals surface area (Å²) in [5, 5.41) is 8.42. The van der Waals surface area contributed by atoms with Crippen LogP contribution < -0.4 is 0 Å². The number of aliphatic carboxylic acids is 1. The summed E-state index contributed by atoms with van der Waals surface area (Å²) in [6, 6.07) is 0. The van der Waals surface area contributed by atoms with Gasteiger partial charge in [-0.2, -0.15) is 0 Å². The van der Waals surface area contributed by atoms with Crippen LogP contribution in [-0.2, 0) is 14.3 Å². The van der Waals surface area contributed by atoms with E-state index in [1.54, 1.807) is 19.1 Å². The number of carbonyl (C=O) groups is 1. The first kappa shape index (κ1) is 12.3. The maximum absolute atomic E-state index is 10.3. The van der Waals surface area contributed by atoms with Crippen molar-refractivity contribution < 1.29 is 19.4 Å². The molecule has 0 heterocycles. The van der Waals surface area contributed by atoms with Gasteiger partial charge in [0, 0.05) is 0 Å². The Balaban J connectivity index is 4.52. The Labute approximate surface area is 83.1 Å². The molecule has 4 heteroatoms. The van der Waals surface area contributed by atoms with E-state index in [0.29, 0.717) is 11.5 Å². The standard InChI is InChI=1S/C10H14O4/c1-4-6-9(8(5-2)13-3)14-7-10(11)12/h4-6H,1,7H2,2-3H3,(H,11,12). The summed E-state index contributed by atoms with van der Waals surface area (Å²) in [6.45, 7) is 4.85. The Hall–Kier alpha value is -1.71. The van der Waals surface area contributed by atoms with Crippen LogP contribution in [0.2, 0.25) is 0 Å². The number of hydrogen-bond acceptors (Lipinski definition) is 3. The molecule has 0 saturated carbocycles. The molecule has 1 N–H and O–H groups in total. The molecule has 0 atom stereocenters. The lowest BCUT2D eigenvalue weighted by Crippen LogP contribution is -2.08. The molecule has 0 radical (unpaired) electrons. The van der Waals surface area contributed by atoms with Crippen molar-refractivity contribution in [2.45, 2.75) is 6.92 Å². The minimum atomic E-state index is -1.04. The zero-order chi connectivity index (χ0) is 11.0. The van der Waals surface area contributed by atoms with Crippen molar-refractivity contribution in [1.82, 2.24) is 0 Å². The number of allylic oxidation sites excluding steroid dienone is 3. The fourth-order valence-electron chi connectivity index (χ4n) is 0.809. The molecule has 0 rings (SSSR count). The maximum atomic E-state index is 10.3. The predicted octanol–water partition coefficient (Wildman–Crippen LogP) is 1.71. The Morgan fingerprint density at radius 1 is 1.50 bits per heavy atom. The second-order valence-electron chi connectivity index (χ2n) is 2.31.